The summed E-state index contributed by atoms with van der Waals surface area (Å²) in [5, 5.41) is 23.4. The van der Waals surface area contributed by atoms with Gasteiger partial charge in [0, 0.05) is 12.8 Å². The summed E-state index contributed by atoms with van der Waals surface area (Å²) in [6, 6.07) is -0.550. The average Bonchev–Trinajstić information content (AvgIpc) is 3.39. The SMILES string of the molecule is CCCCCCCCCCCCCCCCCCCCCCCCCCC(O)C(CO)NC(=O)CCCCCCCCCCCC/C=C\C=C/CCCCCOC(=O)CCCCCCCCCCCCCCC. The fourth-order valence-corrected chi connectivity index (χ4v) is 10.5. The first-order valence-electron chi connectivity index (χ1n) is 33.1. The summed E-state index contributed by atoms with van der Waals surface area (Å²) < 4.78 is 5.45. The Balaban J connectivity index is 3.46. The second-order valence-corrected chi connectivity index (χ2v) is 22.8. The van der Waals surface area contributed by atoms with E-state index < -0.39 is 12.1 Å². The Morgan fingerprint density at radius 3 is 1.01 bits per heavy atom. The van der Waals surface area contributed by atoms with E-state index in [4.69, 9.17) is 4.74 Å². The van der Waals surface area contributed by atoms with Gasteiger partial charge >= 0.3 is 5.97 Å². The van der Waals surface area contributed by atoms with Gasteiger partial charge in [-0.1, -0.05) is 321 Å². The molecule has 1 amide bonds. The molecule has 6 nitrogen and oxygen atoms in total. The summed E-state index contributed by atoms with van der Waals surface area (Å²) in [7, 11) is 0. The number of carbonyl (C=O) groups is 2. The molecule has 3 N–H and O–H groups in total. The molecule has 2 unspecified atom stereocenters. The maximum Gasteiger partial charge on any atom is 0.305 e. The van der Waals surface area contributed by atoms with Crippen LogP contribution < -0.4 is 5.32 Å². The minimum atomic E-state index is -0.672. The van der Waals surface area contributed by atoms with Crippen LogP contribution in [0.4, 0.5) is 0 Å². The number of carbonyl (C=O) groups excluding carboxylic acids is 2. The van der Waals surface area contributed by atoms with E-state index in [0.29, 0.717) is 25.9 Å². The van der Waals surface area contributed by atoms with Crippen molar-refractivity contribution in [2.24, 2.45) is 0 Å². The topological polar surface area (TPSA) is 95.9 Å². The summed E-state index contributed by atoms with van der Waals surface area (Å²) in [5.74, 6) is -0.0516. The van der Waals surface area contributed by atoms with Gasteiger partial charge in [-0.2, -0.15) is 0 Å². The molecule has 0 bridgehead atoms. The summed E-state index contributed by atoms with van der Waals surface area (Å²) in [4.78, 5) is 24.6. The first-order chi connectivity index (χ1) is 36.0. The maximum atomic E-state index is 12.5. The van der Waals surface area contributed by atoms with Crippen LogP contribution in [-0.2, 0) is 14.3 Å². The molecule has 0 fully saturated rings. The van der Waals surface area contributed by atoms with Crippen LogP contribution in [0.25, 0.3) is 0 Å². The lowest BCUT2D eigenvalue weighted by atomic mass is 10.0. The predicted molar refractivity (Wildman–Crippen MR) is 320 cm³/mol. The molecular weight excluding hydrogens is 899 g/mol. The highest BCUT2D eigenvalue weighted by atomic mass is 16.5. The van der Waals surface area contributed by atoms with Crippen LogP contribution in [0.5, 0.6) is 0 Å². The number of amides is 1. The molecular formula is C67H129NO5. The predicted octanol–water partition coefficient (Wildman–Crippen LogP) is 21.0. The number of rotatable bonds is 62. The van der Waals surface area contributed by atoms with Gasteiger partial charge in [0.05, 0.1) is 25.4 Å². The van der Waals surface area contributed by atoms with Crippen LogP contribution in [0.2, 0.25) is 0 Å². The molecule has 2 atom stereocenters. The zero-order chi connectivity index (χ0) is 52.9. The average molecular weight is 1030 g/mol. The van der Waals surface area contributed by atoms with E-state index in [9.17, 15) is 19.8 Å². The van der Waals surface area contributed by atoms with Crippen molar-refractivity contribution in [3.05, 3.63) is 24.3 Å². The smallest absolute Gasteiger partial charge is 0.305 e. The van der Waals surface area contributed by atoms with Crippen molar-refractivity contribution in [2.75, 3.05) is 13.2 Å². The minimum Gasteiger partial charge on any atom is -0.466 e. The Kier molecular flexibility index (Phi) is 61.4. The van der Waals surface area contributed by atoms with Crippen LogP contribution in [0.15, 0.2) is 24.3 Å². The van der Waals surface area contributed by atoms with Crippen molar-refractivity contribution in [1.82, 2.24) is 5.32 Å². The first-order valence-corrected chi connectivity index (χ1v) is 33.1. The van der Waals surface area contributed by atoms with Crippen LogP contribution >= 0.6 is 0 Å². The lowest BCUT2D eigenvalue weighted by Gasteiger charge is -2.22. The normalized spacial score (nSPS) is 12.7. The zero-order valence-electron chi connectivity index (χ0n) is 49.4. The third-order valence-corrected chi connectivity index (χ3v) is 15.5. The fourth-order valence-electron chi connectivity index (χ4n) is 10.5. The Hall–Kier alpha value is -1.66. The number of esters is 1. The Bertz CT molecular complexity index is 1140. The number of aliphatic hydroxyl groups is 2. The highest BCUT2D eigenvalue weighted by Gasteiger charge is 2.20. The van der Waals surface area contributed by atoms with Crippen LogP contribution in [-0.4, -0.2) is 47.4 Å². The Morgan fingerprint density at radius 2 is 0.671 bits per heavy atom. The molecule has 0 aliphatic rings. The molecule has 0 saturated heterocycles. The second-order valence-electron chi connectivity index (χ2n) is 22.8. The number of ether oxygens (including phenoxy) is 1. The first kappa shape index (κ1) is 71.3. The van der Waals surface area contributed by atoms with Gasteiger partial charge in [-0.05, 0) is 57.8 Å². The van der Waals surface area contributed by atoms with E-state index in [2.05, 4.69) is 43.5 Å². The van der Waals surface area contributed by atoms with Gasteiger partial charge < -0.3 is 20.3 Å². The van der Waals surface area contributed by atoms with E-state index in [1.165, 1.54) is 263 Å². The van der Waals surface area contributed by atoms with E-state index in [0.717, 1.165) is 70.6 Å². The molecule has 0 radical (unpaired) electrons. The molecule has 0 heterocycles. The summed E-state index contributed by atoms with van der Waals surface area (Å²) in [5.41, 5.74) is 0. The quantitative estimate of drug-likeness (QED) is 0.0320. The standard InChI is InChI=1S/C67H129NO5/c1-3-5-7-9-11-13-15-17-18-19-20-21-22-23-24-26-29-32-36-39-43-47-51-55-59-65(70)64(63-69)68-66(71)60-56-52-48-44-40-37-33-30-27-25-28-31-34-38-42-46-50-54-58-62-73-67(72)61-57-53-49-45-41-35-16-14-12-10-8-6-4-2/h31,34,38,42,64-65,69-70H,3-30,32-33,35-37,39-41,43-63H2,1-2H3,(H,68,71)/b34-31-,42-38-. The van der Waals surface area contributed by atoms with Gasteiger partial charge in [0.1, 0.15) is 0 Å². The van der Waals surface area contributed by atoms with Gasteiger partial charge in [0.15, 0.2) is 0 Å². The van der Waals surface area contributed by atoms with Crippen molar-refractivity contribution in [3.63, 3.8) is 0 Å². The molecule has 0 aliphatic heterocycles. The number of allylic oxidation sites excluding steroid dienone is 4. The van der Waals surface area contributed by atoms with Crippen molar-refractivity contribution < 1.29 is 24.5 Å². The van der Waals surface area contributed by atoms with Crippen molar-refractivity contribution in [3.8, 4) is 0 Å². The summed E-state index contributed by atoms with van der Waals surface area (Å²) in [6.07, 6.45) is 77.7. The zero-order valence-corrected chi connectivity index (χ0v) is 49.4. The monoisotopic (exact) mass is 1030 g/mol. The molecule has 0 spiro atoms. The number of hydrogen-bond donors (Lipinski definition) is 3. The van der Waals surface area contributed by atoms with Crippen molar-refractivity contribution in [2.45, 2.75) is 379 Å². The highest BCUT2D eigenvalue weighted by Crippen LogP contribution is 2.18. The molecule has 0 aromatic rings. The molecule has 432 valence electrons. The van der Waals surface area contributed by atoms with Crippen LogP contribution in [0.1, 0.15) is 367 Å². The highest BCUT2D eigenvalue weighted by molar-refractivity contribution is 5.76. The molecule has 0 aromatic carbocycles. The molecule has 0 saturated carbocycles. The summed E-state index contributed by atoms with van der Waals surface area (Å²) >= 11 is 0. The molecule has 0 rings (SSSR count). The lowest BCUT2D eigenvalue weighted by molar-refractivity contribution is -0.143. The van der Waals surface area contributed by atoms with Crippen LogP contribution in [0, 0.1) is 0 Å². The molecule has 0 aromatic heterocycles. The van der Waals surface area contributed by atoms with E-state index in [-0.39, 0.29) is 18.5 Å². The second kappa shape index (κ2) is 62.9. The van der Waals surface area contributed by atoms with Gasteiger partial charge in [-0.25, -0.2) is 0 Å². The van der Waals surface area contributed by atoms with Gasteiger partial charge in [-0.3, -0.25) is 9.59 Å². The minimum absolute atomic E-state index is 0.0109. The van der Waals surface area contributed by atoms with Gasteiger partial charge in [0.25, 0.3) is 0 Å². The number of aliphatic hydroxyl groups excluding tert-OH is 2. The molecule has 0 aliphatic carbocycles. The van der Waals surface area contributed by atoms with E-state index in [1.54, 1.807) is 0 Å². The number of unbranched alkanes of at least 4 members (excludes halogenated alkanes) is 48. The van der Waals surface area contributed by atoms with Crippen molar-refractivity contribution in [1.29, 1.82) is 0 Å². The van der Waals surface area contributed by atoms with E-state index >= 15 is 0 Å². The molecule has 6 heteroatoms. The largest absolute Gasteiger partial charge is 0.466 e. The van der Waals surface area contributed by atoms with Gasteiger partial charge in [0.2, 0.25) is 5.91 Å². The number of hydrogen-bond acceptors (Lipinski definition) is 5. The fraction of sp³-hybridized carbons (Fsp3) is 0.910. The van der Waals surface area contributed by atoms with Gasteiger partial charge in [-0.15, -0.1) is 0 Å². The van der Waals surface area contributed by atoms with Crippen LogP contribution in [0.3, 0.4) is 0 Å². The van der Waals surface area contributed by atoms with E-state index in [1.807, 2.05) is 0 Å². The Morgan fingerprint density at radius 1 is 0.384 bits per heavy atom. The molecule has 73 heavy (non-hydrogen) atoms. The maximum absolute atomic E-state index is 12.5. The number of nitrogens with one attached hydrogen (secondary N) is 1. The summed E-state index contributed by atoms with van der Waals surface area (Å²) in [6.45, 7) is 4.94. The third-order valence-electron chi connectivity index (χ3n) is 15.5. The van der Waals surface area contributed by atoms with Crippen molar-refractivity contribution >= 4 is 11.9 Å². The Labute approximate surface area is 456 Å². The lowest BCUT2D eigenvalue weighted by Crippen LogP contribution is -2.45. The third kappa shape index (κ3) is 59.4.